The first-order valence-electron chi connectivity index (χ1n) is 6.29. The molecule has 0 aromatic rings. The number of methoxy groups -OCH3 is 2. The number of carbonyl (C=O) groups excluding carboxylic acids is 1. The number of ether oxygens (including phenoxy) is 2. The zero-order valence-corrected chi connectivity index (χ0v) is 10.9. The van der Waals surface area contributed by atoms with Crippen LogP contribution in [-0.4, -0.2) is 63.9 Å². The molecule has 1 unspecified atom stereocenters. The number of hydrogen-bond donors (Lipinski definition) is 1. The summed E-state index contributed by atoms with van der Waals surface area (Å²) < 4.78 is 10.1. The normalized spacial score (nSPS) is 19.5. The molecule has 1 fully saturated rings. The van der Waals surface area contributed by atoms with Crippen LogP contribution in [0.1, 0.15) is 19.3 Å². The van der Waals surface area contributed by atoms with Gasteiger partial charge < -0.3 is 19.7 Å². The third kappa shape index (κ3) is 5.02. The Morgan fingerprint density at radius 1 is 1.29 bits per heavy atom. The van der Waals surface area contributed by atoms with Crippen LogP contribution in [0.15, 0.2) is 0 Å². The van der Waals surface area contributed by atoms with Gasteiger partial charge in [-0.05, 0) is 25.8 Å². The third-order valence-electron chi connectivity index (χ3n) is 3.01. The maximum atomic E-state index is 12.2. The van der Waals surface area contributed by atoms with E-state index in [2.05, 4.69) is 5.32 Å². The zero-order chi connectivity index (χ0) is 12.5. The van der Waals surface area contributed by atoms with Crippen LogP contribution in [0.3, 0.4) is 0 Å². The van der Waals surface area contributed by atoms with E-state index >= 15 is 0 Å². The minimum absolute atomic E-state index is 0.00870. The molecule has 1 N–H and O–H groups in total. The molecule has 5 heteroatoms. The lowest BCUT2D eigenvalue weighted by molar-refractivity contribution is -0.133. The van der Waals surface area contributed by atoms with Crippen LogP contribution in [0, 0.1) is 0 Å². The van der Waals surface area contributed by atoms with Gasteiger partial charge in [0.1, 0.15) is 0 Å². The Morgan fingerprint density at radius 2 is 2.06 bits per heavy atom. The van der Waals surface area contributed by atoms with Crippen molar-refractivity contribution in [3.8, 4) is 0 Å². The number of carbonyl (C=O) groups is 1. The Balaban J connectivity index is 2.39. The monoisotopic (exact) mass is 244 g/mol. The molecule has 1 saturated heterocycles. The molecule has 0 aromatic heterocycles. The number of hydrogen-bond acceptors (Lipinski definition) is 4. The van der Waals surface area contributed by atoms with Crippen LogP contribution < -0.4 is 5.32 Å². The van der Waals surface area contributed by atoms with Gasteiger partial charge in [-0.25, -0.2) is 0 Å². The van der Waals surface area contributed by atoms with Crippen molar-refractivity contribution in [1.82, 2.24) is 10.2 Å². The molecule has 5 nitrogen and oxygen atoms in total. The van der Waals surface area contributed by atoms with Gasteiger partial charge in [-0.2, -0.15) is 0 Å². The van der Waals surface area contributed by atoms with Crippen LogP contribution in [0.25, 0.3) is 0 Å². The van der Waals surface area contributed by atoms with Crippen molar-refractivity contribution in [2.45, 2.75) is 25.3 Å². The molecular weight excluding hydrogens is 220 g/mol. The van der Waals surface area contributed by atoms with Crippen molar-refractivity contribution >= 4 is 5.91 Å². The molecule has 0 radical (unpaired) electrons. The average molecular weight is 244 g/mol. The lowest BCUT2D eigenvalue weighted by Gasteiger charge is -2.25. The highest BCUT2D eigenvalue weighted by molar-refractivity contribution is 5.82. The molecule has 0 aliphatic carbocycles. The van der Waals surface area contributed by atoms with Crippen molar-refractivity contribution in [3.05, 3.63) is 0 Å². The fourth-order valence-corrected chi connectivity index (χ4v) is 2.05. The molecule has 0 bridgehead atoms. The van der Waals surface area contributed by atoms with Crippen LogP contribution in [0.4, 0.5) is 0 Å². The summed E-state index contributed by atoms with van der Waals surface area (Å²) in [6.45, 7) is 3.64. The minimum Gasteiger partial charge on any atom is -0.385 e. The fourth-order valence-electron chi connectivity index (χ4n) is 2.05. The van der Waals surface area contributed by atoms with Gasteiger partial charge in [-0.15, -0.1) is 0 Å². The first-order chi connectivity index (χ1) is 8.29. The molecule has 1 amide bonds. The van der Waals surface area contributed by atoms with Gasteiger partial charge in [0.05, 0.1) is 12.6 Å². The SMILES string of the molecule is COCCCN(CCOC)C(=O)C1CCCN1. The van der Waals surface area contributed by atoms with E-state index in [1.165, 1.54) is 0 Å². The van der Waals surface area contributed by atoms with E-state index in [1.54, 1.807) is 14.2 Å². The second kappa shape index (κ2) is 8.44. The number of rotatable bonds is 8. The second-order valence-corrected chi connectivity index (χ2v) is 4.31. The van der Waals surface area contributed by atoms with E-state index < -0.39 is 0 Å². The van der Waals surface area contributed by atoms with Crippen molar-refractivity contribution in [1.29, 1.82) is 0 Å². The predicted octanol–water partition coefficient (Wildman–Crippen LogP) is 0.250. The van der Waals surface area contributed by atoms with Gasteiger partial charge in [0.25, 0.3) is 0 Å². The Morgan fingerprint density at radius 3 is 2.65 bits per heavy atom. The van der Waals surface area contributed by atoms with E-state index in [4.69, 9.17) is 9.47 Å². The van der Waals surface area contributed by atoms with Gasteiger partial charge in [0.2, 0.25) is 5.91 Å². The molecule has 0 spiro atoms. The van der Waals surface area contributed by atoms with Crippen LogP contribution in [0.5, 0.6) is 0 Å². The Hall–Kier alpha value is -0.650. The largest absolute Gasteiger partial charge is 0.385 e. The predicted molar refractivity (Wildman–Crippen MR) is 66.0 cm³/mol. The standard InChI is InChI=1S/C12H24N2O3/c1-16-9-4-7-14(8-10-17-2)12(15)11-5-3-6-13-11/h11,13H,3-10H2,1-2H3. The van der Waals surface area contributed by atoms with E-state index in [1.807, 2.05) is 4.90 Å². The van der Waals surface area contributed by atoms with Crippen molar-refractivity contribution in [2.24, 2.45) is 0 Å². The van der Waals surface area contributed by atoms with E-state index in [0.29, 0.717) is 19.8 Å². The molecule has 0 aromatic carbocycles. The molecule has 17 heavy (non-hydrogen) atoms. The first kappa shape index (κ1) is 14.4. The first-order valence-corrected chi connectivity index (χ1v) is 6.29. The third-order valence-corrected chi connectivity index (χ3v) is 3.01. The van der Waals surface area contributed by atoms with Crippen molar-refractivity contribution < 1.29 is 14.3 Å². The molecule has 100 valence electrons. The quantitative estimate of drug-likeness (QED) is 0.622. The van der Waals surface area contributed by atoms with Crippen LogP contribution in [0.2, 0.25) is 0 Å². The number of nitrogens with zero attached hydrogens (tertiary/aromatic N) is 1. The average Bonchev–Trinajstić information content (AvgIpc) is 2.86. The summed E-state index contributed by atoms with van der Waals surface area (Å²) in [5.41, 5.74) is 0. The summed E-state index contributed by atoms with van der Waals surface area (Å²) >= 11 is 0. The van der Waals surface area contributed by atoms with Crippen molar-refractivity contribution in [3.63, 3.8) is 0 Å². The Kier molecular flexibility index (Phi) is 7.16. The molecule has 1 rings (SSSR count). The van der Waals surface area contributed by atoms with E-state index in [-0.39, 0.29) is 11.9 Å². The fraction of sp³-hybridized carbons (Fsp3) is 0.917. The molecule has 0 saturated carbocycles. The van der Waals surface area contributed by atoms with Gasteiger partial charge in [0.15, 0.2) is 0 Å². The van der Waals surface area contributed by atoms with E-state index in [0.717, 1.165) is 32.4 Å². The van der Waals surface area contributed by atoms with E-state index in [9.17, 15) is 4.79 Å². The Labute approximate surface area is 103 Å². The van der Waals surface area contributed by atoms with Crippen molar-refractivity contribution in [2.75, 3.05) is 47.1 Å². The topological polar surface area (TPSA) is 50.8 Å². The highest BCUT2D eigenvalue weighted by Crippen LogP contribution is 2.09. The summed E-state index contributed by atoms with van der Waals surface area (Å²) in [6, 6.07) is 0.00870. The maximum absolute atomic E-state index is 12.2. The lowest BCUT2D eigenvalue weighted by Crippen LogP contribution is -2.45. The number of amides is 1. The molecule has 1 atom stereocenters. The summed E-state index contributed by atoms with van der Waals surface area (Å²) in [6.07, 6.45) is 2.91. The Bertz CT molecular complexity index is 218. The van der Waals surface area contributed by atoms with Gasteiger partial charge >= 0.3 is 0 Å². The minimum atomic E-state index is 0.00870. The molecule has 1 heterocycles. The zero-order valence-electron chi connectivity index (χ0n) is 10.9. The summed E-state index contributed by atoms with van der Waals surface area (Å²) in [5, 5.41) is 3.24. The highest BCUT2D eigenvalue weighted by Gasteiger charge is 2.26. The summed E-state index contributed by atoms with van der Waals surface area (Å²) in [4.78, 5) is 14.1. The van der Waals surface area contributed by atoms with Gasteiger partial charge in [-0.1, -0.05) is 0 Å². The smallest absolute Gasteiger partial charge is 0.239 e. The number of nitrogens with one attached hydrogen (secondary N) is 1. The molecule has 1 aliphatic rings. The molecular formula is C12H24N2O3. The van der Waals surface area contributed by atoms with Crippen LogP contribution >= 0.6 is 0 Å². The van der Waals surface area contributed by atoms with Gasteiger partial charge in [0, 0.05) is 33.9 Å². The van der Waals surface area contributed by atoms with Gasteiger partial charge in [-0.3, -0.25) is 4.79 Å². The highest BCUT2D eigenvalue weighted by atomic mass is 16.5. The lowest BCUT2D eigenvalue weighted by atomic mass is 10.2. The van der Waals surface area contributed by atoms with Crippen LogP contribution in [-0.2, 0) is 14.3 Å². The maximum Gasteiger partial charge on any atom is 0.239 e. The second-order valence-electron chi connectivity index (χ2n) is 4.31. The summed E-state index contributed by atoms with van der Waals surface area (Å²) in [7, 11) is 3.34. The summed E-state index contributed by atoms with van der Waals surface area (Å²) in [5.74, 6) is 0.204. The molecule has 1 aliphatic heterocycles.